The smallest absolute Gasteiger partial charge is 0.319 e. The second-order valence-electron chi connectivity index (χ2n) is 16.0. The van der Waals surface area contributed by atoms with Crippen LogP contribution >= 0.6 is 22.7 Å². The van der Waals surface area contributed by atoms with Gasteiger partial charge in [0.2, 0.25) is 0 Å². The van der Waals surface area contributed by atoms with Crippen LogP contribution in [-0.2, 0) is 112 Å². The summed E-state index contributed by atoms with van der Waals surface area (Å²) in [7, 11) is 0. The molecule has 5 radical (unpaired) electrons. The summed E-state index contributed by atoms with van der Waals surface area (Å²) < 4.78 is 65.2. The van der Waals surface area contributed by atoms with Gasteiger partial charge in [0.1, 0.15) is 0 Å². The van der Waals surface area contributed by atoms with Crippen molar-refractivity contribution >= 4 is 32.8 Å². The molecule has 18 heteroatoms. The molecular formula is C58H42F5Ir5N6S2-5. The number of hydrogen-bond acceptors (Lipinski definition) is 7. The third kappa shape index (κ3) is 20.6. The van der Waals surface area contributed by atoms with Gasteiger partial charge in [0, 0.05) is 155 Å². The normalized spacial score (nSPS) is 10.1. The quantitative estimate of drug-likeness (QED) is 0.127. The second kappa shape index (κ2) is 33.5. The molecule has 0 bridgehead atoms. The molecule has 7 aromatic heterocycles. The van der Waals surface area contributed by atoms with Crippen LogP contribution in [-0.4, -0.2) is 29.7 Å². The van der Waals surface area contributed by atoms with Gasteiger partial charge in [-0.25, -0.2) is 22.7 Å². The molecule has 7 heterocycles. The van der Waals surface area contributed by atoms with Crippen molar-refractivity contribution < 1.29 is 122 Å². The minimum absolute atomic E-state index is 0. The van der Waals surface area contributed by atoms with Gasteiger partial charge in [-0.05, 0) is 68.1 Å². The first-order valence-electron chi connectivity index (χ1n) is 21.8. The summed E-state index contributed by atoms with van der Waals surface area (Å²) in [6.45, 7) is 6.64. The van der Waals surface area contributed by atoms with Crippen LogP contribution in [0.25, 0.3) is 59.4 Å². The molecule has 0 spiro atoms. The second-order valence-corrected chi connectivity index (χ2v) is 18.0. The Labute approximate surface area is 514 Å². The molecule has 0 fully saturated rings. The summed E-state index contributed by atoms with van der Waals surface area (Å²) in [6.07, 6.45) is 5.83. The van der Waals surface area contributed by atoms with E-state index in [4.69, 9.17) is 0 Å². The Kier molecular flexibility index (Phi) is 29.7. The fourth-order valence-corrected chi connectivity index (χ4v) is 7.94. The zero-order chi connectivity index (χ0) is 50.1. The predicted octanol–water partition coefficient (Wildman–Crippen LogP) is 15.7. The van der Waals surface area contributed by atoms with Gasteiger partial charge >= 0.3 is 6.18 Å². The van der Waals surface area contributed by atoms with Crippen LogP contribution in [0.2, 0.25) is 0 Å². The molecule has 401 valence electrons. The summed E-state index contributed by atoms with van der Waals surface area (Å²) >= 11 is 3.39. The van der Waals surface area contributed by atoms with Crippen LogP contribution in [0.1, 0.15) is 31.9 Å². The van der Waals surface area contributed by atoms with E-state index in [2.05, 4.69) is 106 Å². The number of pyridine rings is 4. The molecule has 11 aromatic rings. The Bertz CT molecular complexity index is 3270. The summed E-state index contributed by atoms with van der Waals surface area (Å²) in [4.78, 5) is 19.0. The average Bonchev–Trinajstić information content (AvgIpc) is 4.23. The summed E-state index contributed by atoms with van der Waals surface area (Å²) in [5, 5.41) is 7.06. The Morgan fingerprint density at radius 2 is 1.12 bits per heavy atom. The van der Waals surface area contributed by atoms with Crippen molar-refractivity contribution in [3.63, 3.8) is 0 Å². The summed E-state index contributed by atoms with van der Waals surface area (Å²) in [5.74, 6) is -1.29. The molecule has 0 amide bonds. The van der Waals surface area contributed by atoms with Crippen LogP contribution in [0.15, 0.2) is 200 Å². The van der Waals surface area contributed by atoms with Crippen LogP contribution < -0.4 is 0 Å². The van der Waals surface area contributed by atoms with E-state index in [-0.39, 0.29) is 112 Å². The van der Waals surface area contributed by atoms with Crippen LogP contribution in [0.3, 0.4) is 0 Å². The monoisotopic (exact) mass is 1950 g/mol. The fraction of sp³-hybridized carbons (Fsp3) is 0.0862. The zero-order valence-electron chi connectivity index (χ0n) is 40.1. The first kappa shape index (κ1) is 67.4. The minimum atomic E-state index is -4.32. The molecule has 0 aliphatic heterocycles. The molecule has 0 N–H and O–H groups in total. The van der Waals surface area contributed by atoms with Crippen molar-refractivity contribution in [2.75, 3.05) is 0 Å². The molecule has 0 aliphatic rings. The number of rotatable bonds is 5. The van der Waals surface area contributed by atoms with Crippen molar-refractivity contribution in [3.8, 4) is 49.3 Å². The molecule has 0 aliphatic carbocycles. The molecule has 0 saturated carbocycles. The van der Waals surface area contributed by atoms with Gasteiger partial charge in [-0.3, -0.25) is 13.5 Å². The zero-order valence-corrected chi connectivity index (χ0v) is 53.7. The van der Waals surface area contributed by atoms with Gasteiger partial charge in [0.05, 0.1) is 0 Å². The van der Waals surface area contributed by atoms with Gasteiger partial charge in [-0.15, -0.1) is 82.6 Å². The maximum Gasteiger partial charge on any atom is 0.370 e. The Morgan fingerprint density at radius 1 is 0.526 bits per heavy atom. The third-order valence-corrected chi connectivity index (χ3v) is 11.8. The summed E-state index contributed by atoms with van der Waals surface area (Å²) in [5.41, 5.74) is 5.93. The van der Waals surface area contributed by atoms with Crippen LogP contribution in [0.4, 0.5) is 22.0 Å². The molecule has 6 nitrogen and oxygen atoms in total. The molecular weight excluding hydrogens is 1900 g/mol. The average molecular weight is 1940 g/mol. The number of hydrogen-bond donors (Lipinski definition) is 0. The van der Waals surface area contributed by atoms with Gasteiger partial charge < -0.3 is 19.9 Å². The Hall–Kier alpha value is -4.75. The first-order valence-corrected chi connectivity index (χ1v) is 23.5. The van der Waals surface area contributed by atoms with E-state index in [1.54, 1.807) is 71.7 Å². The number of nitrogens with zero attached hydrogens (tertiary/aromatic N) is 6. The van der Waals surface area contributed by atoms with E-state index < -0.39 is 23.4 Å². The van der Waals surface area contributed by atoms with Gasteiger partial charge in [0.25, 0.3) is 0 Å². The van der Waals surface area contributed by atoms with Gasteiger partial charge in [-0.1, -0.05) is 104 Å². The Balaban J connectivity index is 0.000000321. The van der Waals surface area contributed by atoms with Gasteiger partial charge in [0.15, 0.2) is 0 Å². The van der Waals surface area contributed by atoms with E-state index in [9.17, 15) is 22.0 Å². The molecule has 0 unspecified atom stereocenters. The Morgan fingerprint density at radius 3 is 1.62 bits per heavy atom. The SMILES string of the molecule is CC(C)(C)c1cc[c-]c(-c2ccccn2)c1.FC(F)(F)c1c[c-]c(-n2cccn2)cc1.Fc1c[c-]c(-c2ccccn2)c(F)c1.[Ir].[Ir].[Ir].[Ir].[Ir].[c-]1c(-c2ccccn2)sc2ccccc12.[c-]1ccsc1-c1ccccn1. The van der Waals surface area contributed by atoms with Crippen molar-refractivity contribution in [3.05, 3.63) is 253 Å². The standard InChI is InChI=1S/C15H16N.C13H8NS.C11H6F2N.C10H6F3N2.C9H6NS.5Ir/c1-15(2,3)13-8-6-7-12(11-13)14-9-4-5-10-16-14;1-2-7-12-10(5-1)9-13(15-12)11-6-3-4-8-14-11;12-8-4-5-9(10(13)7-8)11-3-1-2-6-14-11;11-10(12,13)8-2-4-9(5-3-8)15-7-1-6-14-15;1-2-6-10-8(4-1)9-5-3-7-11-9;;;;;/h4-6,8-11H,1-3H3;1-8H;1-4,6-7H;1-4,6-7H;1-4,6-7H;;;;;/q5*-1;;;;;. The molecule has 0 saturated heterocycles. The fourth-order valence-electron chi connectivity index (χ4n) is 6.31. The largest absolute Gasteiger partial charge is 0.370 e. The van der Waals surface area contributed by atoms with Gasteiger partial charge in [-0.2, -0.15) is 48.6 Å². The first-order chi connectivity index (χ1) is 34.3. The van der Waals surface area contributed by atoms with E-state index in [1.165, 1.54) is 26.4 Å². The van der Waals surface area contributed by atoms with Crippen LogP contribution in [0.5, 0.6) is 0 Å². The molecule has 0 atom stereocenters. The topological polar surface area (TPSA) is 69.4 Å². The third-order valence-electron chi connectivity index (χ3n) is 9.87. The summed E-state index contributed by atoms with van der Waals surface area (Å²) in [6, 6.07) is 60.9. The molecule has 76 heavy (non-hydrogen) atoms. The maximum atomic E-state index is 13.2. The van der Waals surface area contributed by atoms with Crippen molar-refractivity contribution in [2.24, 2.45) is 0 Å². The molecule has 11 rings (SSSR count). The predicted molar refractivity (Wildman–Crippen MR) is 273 cm³/mol. The number of fused-ring (bicyclic) bond motifs is 1. The number of benzene rings is 4. The van der Waals surface area contributed by atoms with E-state index in [0.29, 0.717) is 11.4 Å². The van der Waals surface area contributed by atoms with Crippen molar-refractivity contribution in [1.82, 2.24) is 29.7 Å². The number of aromatic nitrogens is 6. The van der Waals surface area contributed by atoms with E-state index in [1.807, 2.05) is 90.6 Å². The molecule has 4 aromatic carbocycles. The number of thiophene rings is 2. The number of alkyl halides is 3. The maximum absolute atomic E-state index is 13.2. The minimum Gasteiger partial charge on any atom is -0.319 e. The van der Waals surface area contributed by atoms with Crippen molar-refractivity contribution in [2.45, 2.75) is 32.4 Å². The number of halogens is 5. The van der Waals surface area contributed by atoms with E-state index in [0.717, 1.165) is 56.7 Å². The van der Waals surface area contributed by atoms with Crippen LogP contribution in [0, 0.1) is 42.0 Å². The van der Waals surface area contributed by atoms with E-state index >= 15 is 0 Å². The van der Waals surface area contributed by atoms with Crippen molar-refractivity contribution in [1.29, 1.82) is 0 Å².